The summed E-state index contributed by atoms with van der Waals surface area (Å²) in [6.07, 6.45) is -1.96. The number of nitrogens with one attached hydrogen (secondary N) is 1. The maximum atomic E-state index is 12.3. The quantitative estimate of drug-likeness (QED) is 0.844. The van der Waals surface area contributed by atoms with Crippen LogP contribution in [0.4, 0.5) is 13.2 Å². The van der Waals surface area contributed by atoms with Gasteiger partial charge < -0.3 is 5.32 Å². The van der Waals surface area contributed by atoms with Gasteiger partial charge in [-0.2, -0.15) is 13.2 Å². The van der Waals surface area contributed by atoms with Crippen molar-refractivity contribution in [1.82, 2.24) is 10.2 Å². The Morgan fingerprint density at radius 1 is 1.35 bits per heavy atom. The molecule has 1 atom stereocenters. The molecule has 23 heavy (non-hydrogen) atoms. The molecule has 0 spiro atoms. The van der Waals surface area contributed by atoms with Crippen LogP contribution >= 0.6 is 0 Å². The first-order valence-corrected chi connectivity index (χ1v) is 7.64. The van der Waals surface area contributed by atoms with Crippen molar-refractivity contribution in [2.24, 2.45) is 5.92 Å². The number of benzene rings is 1. The monoisotopic (exact) mass is 326 g/mol. The van der Waals surface area contributed by atoms with Gasteiger partial charge in [0, 0.05) is 19.2 Å². The summed E-state index contributed by atoms with van der Waals surface area (Å²) in [4.78, 5) is 13.3. The molecule has 0 bridgehead atoms. The summed E-state index contributed by atoms with van der Waals surface area (Å²) in [5.74, 6) is -0.132. The van der Waals surface area contributed by atoms with Crippen molar-refractivity contribution < 1.29 is 18.0 Å². The van der Waals surface area contributed by atoms with Crippen LogP contribution in [0.3, 0.4) is 0 Å². The second-order valence-corrected chi connectivity index (χ2v) is 5.94. The fraction of sp³-hybridized carbons (Fsp3) is 0.471. The number of carbonyl (C=O) groups excluding carboxylic acids is 1. The third-order valence-corrected chi connectivity index (χ3v) is 3.91. The van der Waals surface area contributed by atoms with Crippen molar-refractivity contribution in [2.75, 3.05) is 26.2 Å². The van der Waals surface area contributed by atoms with Gasteiger partial charge in [0.1, 0.15) is 0 Å². The van der Waals surface area contributed by atoms with Crippen molar-refractivity contribution in [3.8, 4) is 0 Å². The standard InChI is InChI=1S/C17H21F3N2O/c1-13(15-5-3-2-4-6-15)9-16(23)21-10-14-7-8-22(11-14)12-17(18,19)20/h2-6,9,14H,7-8,10-12H2,1H3,(H,21,23)/b13-9-/t14-/m0/s1. The molecule has 0 aliphatic carbocycles. The molecule has 0 radical (unpaired) electrons. The molecular weight excluding hydrogens is 305 g/mol. The summed E-state index contributed by atoms with van der Waals surface area (Å²) in [5.41, 5.74) is 1.83. The van der Waals surface area contributed by atoms with E-state index in [9.17, 15) is 18.0 Å². The van der Waals surface area contributed by atoms with E-state index in [0.717, 1.165) is 11.1 Å². The molecule has 6 heteroatoms. The molecule has 2 rings (SSSR count). The summed E-state index contributed by atoms with van der Waals surface area (Å²) in [6.45, 7) is 2.20. The molecule has 1 amide bonds. The molecule has 1 aliphatic heterocycles. The Kier molecular flexibility index (Phi) is 5.82. The Hall–Kier alpha value is -1.82. The van der Waals surface area contributed by atoms with Crippen molar-refractivity contribution in [3.05, 3.63) is 42.0 Å². The third kappa shape index (κ3) is 6.06. The smallest absolute Gasteiger partial charge is 0.352 e. The second kappa shape index (κ2) is 7.64. The number of hydrogen-bond acceptors (Lipinski definition) is 2. The van der Waals surface area contributed by atoms with Crippen LogP contribution < -0.4 is 5.32 Å². The number of rotatable bonds is 5. The zero-order valence-electron chi connectivity index (χ0n) is 13.1. The Labute approximate surface area is 134 Å². The van der Waals surface area contributed by atoms with Crippen LogP contribution in [0.25, 0.3) is 5.57 Å². The van der Waals surface area contributed by atoms with Gasteiger partial charge in [0.25, 0.3) is 0 Å². The van der Waals surface area contributed by atoms with Crippen molar-refractivity contribution in [2.45, 2.75) is 19.5 Å². The van der Waals surface area contributed by atoms with E-state index in [0.29, 0.717) is 26.1 Å². The lowest BCUT2D eigenvalue weighted by Crippen LogP contribution is -2.34. The summed E-state index contributed by atoms with van der Waals surface area (Å²) >= 11 is 0. The van der Waals surface area contributed by atoms with Gasteiger partial charge in [-0.1, -0.05) is 30.3 Å². The molecule has 1 fully saturated rings. The number of allylic oxidation sites excluding steroid dienone is 1. The molecule has 126 valence electrons. The van der Waals surface area contributed by atoms with Crippen LogP contribution in [0.5, 0.6) is 0 Å². The summed E-state index contributed by atoms with van der Waals surface area (Å²) < 4.78 is 37.0. The molecule has 1 aliphatic rings. The number of amides is 1. The molecule has 3 nitrogen and oxygen atoms in total. The number of carbonyl (C=O) groups is 1. The number of hydrogen-bond donors (Lipinski definition) is 1. The van der Waals surface area contributed by atoms with Crippen molar-refractivity contribution >= 4 is 11.5 Å². The van der Waals surface area contributed by atoms with E-state index in [1.807, 2.05) is 37.3 Å². The largest absolute Gasteiger partial charge is 0.401 e. The van der Waals surface area contributed by atoms with Gasteiger partial charge in [-0.05, 0) is 36.9 Å². The molecular formula is C17H21F3N2O. The third-order valence-electron chi connectivity index (χ3n) is 3.91. The van der Waals surface area contributed by atoms with E-state index >= 15 is 0 Å². The Morgan fingerprint density at radius 2 is 2.04 bits per heavy atom. The minimum absolute atomic E-state index is 0.0757. The van der Waals surface area contributed by atoms with Crippen LogP contribution in [0.15, 0.2) is 36.4 Å². The molecule has 0 saturated carbocycles. The Bertz CT molecular complexity index is 555. The van der Waals surface area contributed by atoms with Gasteiger partial charge in [0.2, 0.25) is 5.91 Å². The number of likely N-dealkylation sites (tertiary alicyclic amines) is 1. The summed E-state index contributed by atoms with van der Waals surface area (Å²) in [5, 5.41) is 2.79. The lowest BCUT2D eigenvalue weighted by atomic mass is 10.1. The molecule has 1 saturated heterocycles. The Balaban J connectivity index is 1.77. The van der Waals surface area contributed by atoms with Gasteiger partial charge in [-0.3, -0.25) is 9.69 Å². The second-order valence-electron chi connectivity index (χ2n) is 5.94. The lowest BCUT2D eigenvalue weighted by molar-refractivity contribution is -0.143. The minimum Gasteiger partial charge on any atom is -0.352 e. The predicted octanol–water partition coefficient (Wildman–Crippen LogP) is 3.09. The average molecular weight is 326 g/mol. The zero-order valence-corrected chi connectivity index (χ0v) is 13.1. The van der Waals surface area contributed by atoms with Gasteiger partial charge in [-0.15, -0.1) is 0 Å². The molecule has 1 heterocycles. The Morgan fingerprint density at radius 3 is 2.70 bits per heavy atom. The molecule has 0 unspecified atom stereocenters. The highest BCUT2D eigenvalue weighted by Gasteiger charge is 2.34. The van der Waals surface area contributed by atoms with Crippen LogP contribution in [-0.4, -0.2) is 43.2 Å². The normalized spacial score (nSPS) is 19.8. The molecule has 1 aromatic carbocycles. The number of halogens is 3. The van der Waals surface area contributed by atoms with Crippen molar-refractivity contribution in [1.29, 1.82) is 0 Å². The van der Waals surface area contributed by atoms with E-state index in [-0.39, 0.29) is 11.8 Å². The van der Waals surface area contributed by atoms with Gasteiger partial charge >= 0.3 is 6.18 Å². The lowest BCUT2D eigenvalue weighted by Gasteiger charge is -2.17. The van der Waals surface area contributed by atoms with E-state index in [1.54, 1.807) is 0 Å². The minimum atomic E-state index is -4.16. The number of alkyl halides is 3. The van der Waals surface area contributed by atoms with E-state index in [4.69, 9.17) is 0 Å². The molecule has 0 aromatic heterocycles. The van der Waals surface area contributed by atoms with E-state index in [2.05, 4.69) is 5.32 Å². The van der Waals surface area contributed by atoms with Gasteiger partial charge in [0.15, 0.2) is 0 Å². The molecule has 1 N–H and O–H groups in total. The van der Waals surface area contributed by atoms with Crippen LogP contribution in [0, 0.1) is 5.92 Å². The van der Waals surface area contributed by atoms with Crippen LogP contribution in [0.2, 0.25) is 0 Å². The number of nitrogens with zero attached hydrogens (tertiary/aromatic N) is 1. The van der Waals surface area contributed by atoms with Crippen LogP contribution in [0.1, 0.15) is 18.9 Å². The average Bonchev–Trinajstić information content (AvgIpc) is 2.91. The van der Waals surface area contributed by atoms with Crippen LogP contribution in [-0.2, 0) is 4.79 Å². The maximum absolute atomic E-state index is 12.3. The van der Waals surface area contributed by atoms with Crippen molar-refractivity contribution in [3.63, 3.8) is 0 Å². The fourth-order valence-electron chi connectivity index (χ4n) is 2.75. The van der Waals surface area contributed by atoms with E-state index in [1.165, 1.54) is 11.0 Å². The topological polar surface area (TPSA) is 32.3 Å². The maximum Gasteiger partial charge on any atom is 0.401 e. The zero-order chi connectivity index (χ0) is 16.9. The summed E-state index contributed by atoms with van der Waals surface area (Å²) in [6, 6.07) is 9.55. The first-order chi connectivity index (χ1) is 10.8. The summed E-state index contributed by atoms with van der Waals surface area (Å²) in [7, 11) is 0. The predicted molar refractivity (Wildman–Crippen MR) is 83.7 cm³/mol. The highest BCUT2D eigenvalue weighted by molar-refractivity contribution is 5.94. The molecule has 1 aromatic rings. The van der Waals surface area contributed by atoms with E-state index < -0.39 is 12.7 Å². The van der Waals surface area contributed by atoms with Gasteiger partial charge in [0.05, 0.1) is 6.54 Å². The first kappa shape index (κ1) is 17.5. The first-order valence-electron chi connectivity index (χ1n) is 7.64. The fourth-order valence-corrected chi connectivity index (χ4v) is 2.75. The highest BCUT2D eigenvalue weighted by Crippen LogP contribution is 2.22. The van der Waals surface area contributed by atoms with Gasteiger partial charge in [-0.25, -0.2) is 0 Å². The highest BCUT2D eigenvalue weighted by atomic mass is 19.4. The SMILES string of the molecule is C/C(=C/C(=O)NC[C@@H]1CCN(CC(F)(F)F)C1)c1ccccc1.